The van der Waals surface area contributed by atoms with Gasteiger partial charge in [-0.3, -0.25) is 14.5 Å². The normalized spacial score (nSPS) is 19.9. The Morgan fingerprint density at radius 2 is 2.09 bits per heavy atom. The van der Waals surface area contributed by atoms with Gasteiger partial charge >= 0.3 is 5.97 Å². The number of benzene rings is 1. The molecule has 1 aromatic rings. The second-order valence-corrected chi connectivity index (χ2v) is 7.13. The number of amides is 1. The van der Waals surface area contributed by atoms with Crippen molar-refractivity contribution in [1.29, 1.82) is 0 Å². The van der Waals surface area contributed by atoms with E-state index in [2.05, 4.69) is 17.0 Å². The summed E-state index contributed by atoms with van der Waals surface area (Å²) in [5.41, 5.74) is 2.07. The lowest BCUT2D eigenvalue weighted by Crippen LogP contribution is -2.33. The molecule has 1 aromatic carbocycles. The Morgan fingerprint density at radius 3 is 2.78 bits per heavy atom. The number of hydrogen-bond donors (Lipinski definition) is 1. The van der Waals surface area contributed by atoms with Gasteiger partial charge in [-0.05, 0) is 36.6 Å². The number of hydrogen-bond acceptors (Lipinski definition) is 5. The lowest BCUT2D eigenvalue weighted by Gasteiger charge is -2.17. The summed E-state index contributed by atoms with van der Waals surface area (Å²) in [6.07, 6.45) is 4.19. The van der Waals surface area contributed by atoms with Crippen LogP contribution in [0.2, 0.25) is 0 Å². The summed E-state index contributed by atoms with van der Waals surface area (Å²) in [5.74, 6) is -1.41. The molecule has 0 bridgehead atoms. The Morgan fingerprint density at radius 1 is 1.35 bits per heavy atom. The highest BCUT2D eigenvalue weighted by atomic mass is 32.2. The maximum atomic E-state index is 12.3. The molecule has 0 aliphatic carbocycles. The van der Waals surface area contributed by atoms with Crippen molar-refractivity contribution in [1.82, 2.24) is 4.90 Å². The summed E-state index contributed by atoms with van der Waals surface area (Å²) >= 11 is 6.25. The number of rotatable bonds is 4. The van der Waals surface area contributed by atoms with Crippen LogP contribution in [0.4, 0.5) is 5.69 Å². The van der Waals surface area contributed by atoms with E-state index in [-0.39, 0.29) is 5.91 Å². The van der Waals surface area contributed by atoms with Crippen molar-refractivity contribution in [3.05, 3.63) is 34.7 Å². The van der Waals surface area contributed by atoms with Crippen LogP contribution in [0.1, 0.15) is 18.4 Å². The molecule has 2 heterocycles. The third kappa shape index (κ3) is 3.56. The van der Waals surface area contributed by atoms with Crippen molar-refractivity contribution in [3.8, 4) is 0 Å². The SMILES string of the molecule is O=C(O)CN1C(=O)C(=Cc2cccc(N3CCCC3)c2)SC1=S. The highest BCUT2D eigenvalue weighted by Crippen LogP contribution is 2.33. The molecule has 2 saturated heterocycles. The first-order valence-electron chi connectivity index (χ1n) is 7.37. The van der Waals surface area contributed by atoms with Crippen LogP contribution >= 0.6 is 24.0 Å². The standard InChI is InChI=1S/C16H16N2O3S2/c19-14(20)10-18-15(21)13(23-16(18)22)9-11-4-3-5-12(8-11)17-6-1-2-7-17/h3-5,8-9H,1-2,6-7,10H2,(H,19,20). The highest BCUT2D eigenvalue weighted by Gasteiger charge is 2.33. The van der Waals surface area contributed by atoms with E-state index in [0.717, 1.165) is 41.0 Å². The molecular formula is C16H16N2O3S2. The number of carboxylic acid groups (broad SMARTS) is 1. The quantitative estimate of drug-likeness (QED) is 0.667. The van der Waals surface area contributed by atoms with Gasteiger partial charge in [-0.25, -0.2) is 0 Å². The van der Waals surface area contributed by atoms with Crippen LogP contribution in [0.5, 0.6) is 0 Å². The topological polar surface area (TPSA) is 60.9 Å². The third-order valence-corrected chi connectivity index (χ3v) is 5.18. The van der Waals surface area contributed by atoms with Gasteiger partial charge in [0.05, 0.1) is 4.91 Å². The molecule has 1 N–H and O–H groups in total. The van der Waals surface area contributed by atoms with Crippen LogP contribution in [0.15, 0.2) is 29.2 Å². The predicted octanol–water partition coefficient (Wildman–Crippen LogP) is 2.57. The molecule has 2 aliphatic rings. The molecule has 2 aliphatic heterocycles. The van der Waals surface area contributed by atoms with E-state index >= 15 is 0 Å². The minimum Gasteiger partial charge on any atom is -0.480 e. The highest BCUT2D eigenvalue weighted by molar-refractivity contribution is 8.26. The molecule has 2 fully saturated rings. The zero-order valence-corrected chi connectivity index (χ0v) is 14.0. The van der Waals surface area contributed by atoms with Gasteiger partial charge in [-0.1, -0.05) is 36.1 Å². The molecule has 7 heteroatoms. The van der Waals surface area contributed by atoms with E-state index in [4.69, 9.17) is 17.3 Å². The van der Waals surface area contributed by atoms with Gasteiger partial charge in [0, 0.05) is 18.8 Å². The molecule has 5 nitrogen and oxygen atoms in total. The van der Waals surface area contributed by atoms with Crippen LogP contribution in [0.3, 0.4) is 0 Å². The van der Waals surface area contributed by atoms with Crippen molar-refractivity contribution in [3.63, 3.8) is 0 Å². The lowest BCUT2D eigenvalue weighted by atomic mass is 10.1. The van der Waals surface area contributed by atoms with Crippen LogP contribution in [-0.4, -0.2) is 45.8 Å². The molecule has 1 amide bonds. The second kappa shape index (κ2) is 6.72. The summed E-state index contributed by atoms with van der Waals surface area (Å²) in [7, 11) is 0. The average molecular weight is 348 g/mol. The van der Waals surface area contributed by atoms with Crippen molar-refractivity contribution < 1.29 is 14.7 Å². The van der Waals surface area contributed by atoms with Crippen LogP contribution in [0, 0.1) is 0 Å². The molecule has 120 valence electrons. The van der Waals surface area contributed by atoms with Crippen molar-refractivity contribution in [2.24, 2.45) is 0 Å². The summed E-state index contributed by atoms with van der Waals surface area (Å²) in [6, 6.07) is 8.02. The van der Waals surface area contributed by atoms with E-state index in [9.17, 15) is 9.59 Å². The number of carboxylic acids is 1. The number of anilines is 1. The van der Waals surface area contributed by atoms with Crippen molar-refractivity contribution in [2.75, 3.05) is 24.5 Å². The van der Waals surface area contributed by atoms with Gasteiger partial charge in [0.1, 0.15) is 10.9 Å². The first-order valence-corrected chi connectivity index (χ1v) is 8.59. The maximum absolute atomic E-state index is 12.3. The molecule has 0 saturated carbocycles. The zero-order chi connectivity index (χ0) is 16.4. The van der Waals surface area contributed by atoms with Crippen LogP contribution < -0.4 is 4.90 Å². The fourth-order valence-corrected chi connectivity index (χ4v) is 3.96. The Labute approximate surface area is 143 Å². The van der Waals surface area contributed by atoms with Crippen LogP contribution in [0.25, 0.3) is 6.08 Å². The van der Waals surface area contributed by atoms with E-state index in [1.165, 1.54) is 12.8 Å². The van der Waals surface area contributed by atoms with Gasteiger partial charge in [0.25, 0.3) is 5.91 Å². The average Bonchev–Trinajstić information content (AvgIpc) is 3.13. The summed E-state index contributed by atoms with van der Waals surface area (Å²) < 4.78 is 0.291. The Bertz CT molecular complexity index is 696. The minimum absolute atomic E-state index is 0.291. The smallest absolute Gasteiger partial charge is 0.323 e. The molecule has 0 radical (unpaired) electrons. The zero-order valence-electron chi connectivity index (χ0n) is 12.4. The Hall–Kier alpha value is -1.86. The van der Waals surface area contributed by atoms with Gasteiger partial charge in [0.15, 0.2) is 0 Å². The molecular weight excluding hydrogens is 332 g/mol. The van der Waals surface area contributed by atoms with E-state index in [1.807, 2.05) is 12.1 Å². The Balaban J connectivity index is 1.81. The minimum atomic E-state index is -1.07. The monoisotopic (exact) mass is 348 g/mol. The van der Waals surface area contributed by atoms with Gasteiger partial charge in [-0.2, -0.15) is 0 Å². The molecule has 0 spiro atoms. The summed E-state index contributed by atoms with van der Waals surface area (Å²) in [4.78, 5) is 27.0. The molecule has 0 atom stereocenters. The van der Waals surface area contributed by atoms with E-state index < -0.39 is 12.5 Å². The molecule has 23 heavy (non-hydrogen) atoms. The number of carbonyl (C=O) groups is 2. The van der Waals surface area contributed by atoms with Crippen molar-refractivity contribution in [2.45, 2.75) is 12.8 Å². The number of thiocarbonyl (C=S) groups is 1. The predicted molar refractivity (Wildman–Crippen MR) is 95.4 cm³/mol. The fraction of sp³-hybridized carbons (Fsp3) is 0.312. The van der Waals surface area contributed by atoms with Gasteiger partial charge in [0.2, 0.25) is 0 Å². The Kier molecular flexibility index (Phi) is 4.68. The van der Waals surface area contributed by atoms with Crippen molar-refractivity contribution >= 4 is 51.9 Å². The largest absolute Gasteiger partial charge is 0.480 e. The van der Waals surface area contributed by atoms with E-state index in [0.29, 0.717) is 9.23 Å². The molecule has 3 rings (SSSR count). The summed E-state index contributed by atoms with van der Waals surface area (Å²) in [5, 5.41) is 8.86. The molecule has 0 unspecified atom stereocenters. The number of aliphatic carboxylic acids is 1. The first kappa shape index (κ1) is 16.0. The number of carbonyl (C=O) groups excluding carboxylic acids is 1. The second-order valence-electron chi connectivity index (χ2n) is 5.45. The fourth-order valence-electron chi connectivity index (χ4n) is 2.71. The van der Waals surface area contributed by atoms with Gasteiger partial charge in [-0.15, -0.1) is 0 Å². The van der Waals surface area contributed by atoms with E-state index in [1.54, 1.807) is 6.08 Å². The number of thioether (sulfide) groups is 1. The third-order valence-electron chi connectivity index (χ3n) is 3.81. The lowest BCUT2D eigenvalue weighted by molar-refractivity contribution is -0.140. The number of nitrogens with zero attached hydrogens (tertiary/aromatic N) is 2. The van der Waals surface area contributed by atoms with Crippen LogP contribution in [-0.2, 0) is 9.59 Å². The van der Waals surface area contributed by atoms with Gasteiger partial charge < -0.3 is 10.0 Å². The maximum Gasteiger partial charge on any atom is 0.323 e. The summed E-state index contributed by atoms with van der Waals surface area (Å²) in [6.45, 7) is 1.73. The molecule has 0 aromatic heterocycles. The first-order chi connectivity index (χ1) is 11.0.